The van der Waals surface area contributed by atoms with Crippen molar-refractivity contribution in [3.63, 3.8) is 0 Å². The van der Waals surface area contributed by atoms with Gasteiger partial charge in [-0.15, -0.1) is 0 Å². The zero-order valence-electron chi connectivity index (χ0n) is 10.1. The minimum Gasteiger partial charge on any atom is -0.316 e. The molecule has 0 aliphatic carbocycles. The van der Waals surface area contributed by atoms with Crippen LogP contribution in [0.1, 0.15) is 23.2 Å². The van der Waals surface area contributed by atoms with E-state index in [2.05, 4.69) is 10.3 Å². The summed E-state index contributed by atoms with van der Waals surface area (Å²) in [5.41, 5.74) is 0.424. The van der Waals surface area contributed by atoms with Gasteiger partial charge in [0.15, 0.2) is 0 Å². The first-order valence-corrected chi connectivity index (χ1v) is 5.70. The van der Waals surface area contributed by atoms with Gasteiger partial charge in [-0.3, -0.25) is 4.98 Å². The summed E-state index contributed by atoms with van der Waals surface area (Å²) in [5, 5.41) is 3.17. The van der Waals surface area contributed by atoms with Crippen molar-refractivity contribution in [2.75, 3.05) is 13.1 Å². The summed E-state index contributed by atoms with van der Waals surface area (Å²) in [4.78, 5) is 3.75. The topological polar surface area (TPSA) is 24.9 Å². The van der Waals surface area contributed by atoms with Crippen molar-refractivity contribution < 1.29 is 13.2 Å². The van der Waals surface area contributed by atoms with Gasteiger partial charge in [-0.05, 0) is 50.4 Å². The summed E-state index contributed by atoms with van der Waals surface area (Å²) >= 11 is 0. The molecule has 2 heterocycles. The second-order valence-electron chi connectivity index (χ2n) is 4.54. The highest BCUT2D eigenvalue weighted by atomic mass is 32.1. The maximum Gasteiger partial charge on any atom is 0.418 e. The van der Waals surface area contributed by atoms with Crippen LogP contribution >= 0.6 is 13.5 Å². The molecule has 0 saturated carbocycles. The zero-order valence-corrected chi connectivity index (χ0v) is 11.1. The second kappa shape index (κ2) is 5.93. The molecule has 102 valence electrons. The third kappa shape index (κ3) is 3.62. The minimum absolute atomic E-state index is 0. The number of alkyl halides is 3. The van der Waals surface area contributed by atoms with Gasteiger partial charge >= 0.3 is 6.18 Å². The van der Waals surface area contributed by atoms with Gasteiger partial charge in [-0.25, -0.2) is 0 Å². The maximum absolute atomic E-state index is 12.8. The number of pyridine rings is 1. The second-order valence-corrected chi connectivity index (χ2v) is 4.54. The van der Waals surface area contributed by atoms with Crippen LogP contribution in [0.4, 0.5) is 13.2 Å². The molecule has 0 radical (unpaired) electrons. The van der Waals surface area contributed by atoms with Crippen molar-refractivity contribution in [2.45, 2.75) is 25.9 Å². The number of hydrogen-bond donors (Lipinski definition) is 1. The lowest BCUT2D eigenvalue weighted by atomic mass is 9.95. The smallest absolute Gasteiger partial charge is 0.316 e. The van der Waals surface area contributed by atoms with Gasteiger partial charge in [0.2, 0.25) is 0 Å². The molecule has 2 rings (SSSR count). The molecule has 0 amide bonds. The van der Waals surface area contributed by atoms with E-state index in [1.54, 1.807) is 13.0 Å². The van der Waals surface area contributed by atoms with E-state index < -0.39 is 11.7 Å². The molecule has 1 unspecified atom stereocenters. The Balaban J connectivity index is 0.00000162. The molecule has 1 saturated heterocycles. The Morgan fingerprint density at radius 3 is 2.72 bits per heavy atom. The number of aryl methyl sites for hydroxylation is 1. The van der Waals surface area contributed by atoms with Gasteiger partial charge < -0.3 is 5.32 Å². The highest BCUT2D eigenvalue weighted by Crippen LogP contribution is 2.33. The molecule has 2 nitrogen and oxygen atoms in total. The van der Waals surface area contributed by atoms with Crippen molar-refractivity contribution in [3.8, 4) is 0 Å². The summed E-state index contributed by atoms with van der Waals surface area (Å²) in [6.45, 7) is 3.42. The average molecular weight is 278 g/mol. The van der Waals surface area contributed by atoms with Crippen molar-refractivity contribution in [2.24, 2.45) is 5.92 Å². The largest absolute Gasteiger partial charge is 0.418 e. The molecule has 1 fully saturated rings. The van der Waals surface area contributed by atoms with Crippen molar-refractivity contribution >= 4 is 13.5 Å². The lowest BCUT2D eigenvalue weighted by molar-refractivity contribution is -0.138. The normalized spacial score (nSPS) is 19.7. The zero-order chi connectivity index (χ0) is 12.5. The van der Waals surface area contributed by atoms with Gasteiger partial charge in [-0.2, -0.15) is 26.7 Å². The quantitative estimate of drug-likeness (QED) is 0.899. The fourth-order valence-electron chi connectivity index (χ4n) is 2.24. The van der Waals surface area contributed by atoms with Crippen molar-refractivity contribution in [1.29, 1.82) is 0 Å². The fourth-order valence-corrected chi connectivity index (χ4v) is 2.24. The first-order valence-electron chi connectivity index (χ1n) is 5.70. The SMILES string of the molecule is Cc1cc(CC2CCNC2)c(C(F)(F)F)cn1.S. The van der Waals surface area contributed by atoms with E-state index in [9.17, 15) is 13.2 Å². The maximum atomic E-state index is 12.8. The van der Waals surface area contributed by atoms with E-state index in [0.717, 1.165) is 25.7 Å². The van der Waals surface area contributed by atoms with Crippen LogP contribution in [-0.4, -0.2) is 18.1 Å². The first kappa shape index (κ1) is 15.3. The molecule has 1 aromatic rings. The van der Waals surface area contributed by atoms with Crippen LogP contribution in [0.2, 0.25) is 0 Å². The van der Waals surface area contributed by atoms with Crippen molar-refractivity contribution in [1.82, 2.24) is 10.3 Å². The Kier molecular flexibility index (Phi) is 5.04. The predicted octanol–water partition coefficient (Wildman–Crippen LogP) is 2.67. The Morgan fingerprint density at radius 2 is 2.17 bits per heavy atom. The lowest BCUT2D eigenvalue weighted by Gasteiger charge is -2.15. The molecule has 1 atom stereocenters. The van der Waals surface area contributed by atoms with Crippen LogP contribution < -0.4 is 5.32 Å². The van der Waals surface area contributed by atoms with Crippen molar-refractivity contribution in [3.05, 3.63) is 29.1 Å². The Labute approximate surface area is 111 Å². The third-order valence-electron chi connectivity index (χ3n) is 3.10. The number of nitrogens with zero attached hydrogens (tertiary/aromatic N) is 1. The predicted molar refractivity (Wildman–Crippen MR) is 69.0 cm³/mol. The van der Waals surface area contributed by atoms with E-state index in [4.69, 9.17) is 0 Å². The molecule has 0 bridgehead atoms. The Hall–Kier alpha value is -0.750. The summed E-state index contributed by atoms with van der Waals surface area (Å²) in [6.07, 6.45) is -1.93. The standard InChI is InChI=1S/C12H15F3N2.H2S/c1-8-4-10(5-9-2-3-16-6-9)11(7-17-8)12(13,14)15;/h4,7,9,16H,2-3,5-6H2,1H3;1H2. The van der Waals surface area contributed by atoms with E-state index in [1.165, 1.54) is 0 Å². The molecule has 6 heteroatoms. The number of rotatable bonds is 2. The Bertz CT molecular complexity index is 401. The monoisotopic (exact) mass is 278 g/mol. The minimum atomic E-state index is -4.30. The molecular formula is C12H17F3N2S. The number of hydrogen-bond acceptors (Lipinski definition) is 2. The molecule has 1 aliphatic rings. The highest BCUT2D eigenvalue weighted by molar-refractivity contribution is 7.59. The summed E-state index contributed by atoms with van der Waals surface area (Å²) < 4.78 is 38.4. The van der Waals surface area contributed by atoms with E-state index in [-0.39, 0.29) is 13.5 Å². The fraction of sp³-hybridized carbons (Fsp3) is 0.583. The molecular weight excluding hydrogens is 261 g/mol. The summed E-state index contributed by atoms with van der Waals surface area (Å²) in [7, 11) is 0. The van der Waals surface area contributed by atoms with Gasteiger partial charge in [-0.1, -0.05) is 0 Å². The van der Waals surface area contributed by atoms with Crippen LogP contribution in [0.5, 0.6) is 0 Å². The van der Waals surface area contributed by atoms with E-state index in [0.29, 0.717) is 23.6 Å². The Morgan fingerprint density at radius 1 is 1.44 bits per heavy atom. The van der Waals surface area contributed by atoms with Gasteiger partial charge in [0.1, 0.15) is 0 Å². The third-order valence-corrected chi connectivity index (χ3v) is 3.10. The van der Waals surface area contributed by atoms with Crippen LogP contribution in [0, 0.1) is 12.8 Å². The number of nitrogens with one attached hydrogen (secondary N) is 1. The molecule has 0 aromatic carbocycles. The van der Waals surface area contributed by atoms with Crippen LogP contribution in [0.3, 0.4) is 0 Å². The van der Waals surface area contributed by atoms with Gasteiger partial charge in [0.25, 0.3) is 0 Å². The molecule has 1 aliphatic heterocycles. The van der Waals surface area contributed by atoms with E-state index >= 15 is 0 Å². The summed E-state index contributed by atoms with van der Waals surface area (Å²) in [6, 6.07) is 1.56. The highest BCUT2D eigenvalue weighted by Gasteiger charge is 2.34. The summed E-state index contributed by atoms with van der Waals surface area (Å²) in [5.74, 6) is 0.304. The number of halogens is 3. The molecule has 0 spiro atoms. The van der Waals surface area contributed by atoms with Gasteiger partial charge in [0, 0.05) is 11.9 Å². The lowest BCUT2D eigenvalue weighted by Crippen LogP contribution is -2.15. The molecule has 1 aromatic heterocycles. The van der Waals surface area contributed by atoms with Crippen LogP contribution in [0.25, 0.3) is 0 Å². The van der Waals surface area contributed by atoms with E-state index in [1.807, 2.05) is 0 Å². The molecule has 1 N–H and O–H groups in total. The van der Waals surface area contributed by atoms with Crippen LogP contribution in [-0.2, 0) is 12.6 Å². The first-order chi connectivity index (χ1) is 7.97. The van der Waals surface area contributed by atoms with Crippen LogP contribution in [0.15, 0.2) is 12.3 Å². The average Bonchev–Trinajstić information content (AvgIpc) is 2.68. The van der Waals surface area contributed by atoms with Gasteiger partial charge in [0.05, 0.1) is 5.56 Å². The molecule has 18 heavy (non-hydrogen) atoms. The number of aromatic nitrogens is 1.